The summed E-state index contributed by atoms with van der Waals surface area (Å²) in [5.41, 5.74) is 0. The van der Waals surface area contributed by atoms with Crippen LogP contribution in [0, 0.1) is 0 Å². The van der Waals surface area contributed by atoms with Crippen molar-refractivity contribution in [1.82, 2.24) is 4.73 Å². The van der Waals surface area contributed by atoms with E-state index in [0.717, 1.165) is 4.73 Å². The number of imidazole rings is 1. The normalized spacial score (nSPS) is 9.64. The molecule has 0 aromatic carbocycles. The van der Waals surface area contributed by atoms with Gasteiger partial charge >= 0.3 is 5.82 Å². The fourth-order valence-corrected chi connectivity index (χ4v) is 0.839. The van der Waals surface area contributed by atoms with E-state index in [4.69, 9.17) is 4.84 Å². The molecule has 5 heteroatoms. The molecule has 0 N–H and O–H groups in total. The number of aromatic nitrogens is 2. The topological polar surface area (TPSA) is 58.2 Å². The fraction of sp³-hybridized carbons (Fsp3) is 0.333. The first-order valence-corrected chi connectivity index (χ1v) is 2.99. The van der Waals surface area contributed by atoms with Gasteiger partial charge in [-0.3, -0.25) is 0 Å². The largest absolute Gasteiger partial charge is 0.538 e. The van der Waals surface area contributed by atoms with Crippen molar-refractivity contribution in [2.24, 2.45) is 7.05 Å². The van der Waals surface area contributed by atoms with Gasteiger partial charge in [0.2, 0.25) is 0 Å². The summed E-state index contributed by atoms with van der Waals surface area (Å²) < 4.78 is 2.52. The number of hydrogen-bond donors (Lipinski definition) is 0. The number of hydrogen-bond acceptors (Lipinski definition) is 3. The van der Waals surface area contributed by atoms with Crippen LogP contribution in [-0.4, -0.2) is 17.8 Å². The Labute approximate surface area is 63.4 Å². The maximum absolute atomic E-state index is 10.4. The lowest BCUT2D eigenvalue weighted by Gasteiger charge is -1.98. The SMILES string of the molecule is COn1cc[n+](C)c1C(=O)[O-]. The van der Waals surface area contributed by atoms with Gasteiger partial charge in [0.15, 0.2) is 12.2 Å². The molecule has 0 spiro atoms. The first-order valence-electron chi connectivity index (χ1n) is 2.99. The van der Waals surface area contributed by atoms with Crippen molar-refractivity contribution in [3.8, 4) is 0 Å². The second-order valence-electron chi connectivity index (χ2n) is 2.03. The predicted octanol–water partition coefficient (Wildman–Crippen LogP) is -2.27. The Balaban J connectivity index is 3.17. The lowest BCUT2D eigenvalue weighted by atomic mass is 10.6. The second-order valence-corrected chi connectivity index (χ2v) is 2.03. The molecule has 0 aliphatic rings. The summed E-state index contributed by atoms with van der Waals surface area (Å²) in [5.74, 6) is -1.29. The highest BCUT2D eigenvalue weighted by atomic mass is 16.6. The maximum atomic E-state index is 10.4. The molecule has 0 aliphatic carbocycles. The molecule has 11 heavy (non-hydrogen) atoms. The van der Waals surface area contributed by atoms with E-state index in [9.17, 15) is 9.90 Å². The Kier molecular flexibility index (Phi) is 1.80. The average Bonchev–Trinajstić information content (AvgIpc) is 2.30. The molecule has 0 fully saturated rings. The highest BCUT2D eigenvalue weighted by Gasteiger charge is 2.15. The van der Waals surface area contributed by atoms with E-state index >= 15 is 0 Å². The smallest absolute Gasteiger partial charge is 0.343 e. The van der Waals surface area contributed by atoms with Crippen molar-refractivity contribution in [1.29, 1.82) is 0 Å². The van der Waals surface area contributed by atoms with Crippen LogP contribution >= 0.6 is 0 Å². The van der Waals surface area contributed by atoms with Gasteiger partial charge in [0.1, 0.15) is 13.3 Å². The van der Waals surface area contributed by atoms with Crippen molar-refractivity contribution in [3.05, 3.63) is 18.2 Å². The highest BCUT2D eigenvalue weighted by molar-refractivity contribution is 5.79. The van der Waals surface area contributed by atoms with Crippen LogP contribution in [0.2, 0.25) is 0 Å². The molecule has 0 unspecified atom stereocenters. The molecule has 0 saturated carbocycles. The Morgan fingerprint density at radius 3 is 2.82 bits per heavy atom. The fourth-order valence-electron chi connectivity index (χ4n) is 0.839. The summed E-state index contributed by atoms with van der Waals surface area (Å²) >= 11 is 0. The number of nitrogens with zero attached hydrogens (tertiary/aromatic N) is 2. The minimum atomic E-state index is -1.26. The number of aryl methyl sites for hydroxylation is 1. The summed E-state index contributed by atoms with van der Waals surface area (Å²) in [6, 6.07) is 0. The zero-order valence-electron chi connectivity index (χ0n) is 6.27. The zero-order valence-corrected chi connectivity index (χ0v) is 6.27. The Hall–Kier alpha value is -1.52. The summed E-state index contributed by atoms with van der Waals surface area (Å²) in [4.78, 5) is 15.1. The van der Waals surface area contributed by atoms with Crippen LogP contribution < -0.4 is 14.5 Å². The minimum Gasteiger partial charge on any atom is -0.538 e. The van der Waals surface area contributed by atoms with E-state index < -0.39 is 5.97 Å². The van der Waals surface area contributed by atoms with Crippen molar-refractivity contribution >= 4 is 5.97 Å². The quantitative estimate of drug-likeness (QED) is 0.454. The summed E-state index contributed by atoms with van der Waals surface area (Å²) in [7, 11) is 2.98. The Morgan fingerprint density at radius 1 is 1.82 bits per heavy atom. The molecule has 60 valence electrons. The van der Waals surface area contributed by atoms with Gasteiger partial charge in [-0.1, -0.05) is 0 Å². The third kappa shape index (κ3) is 1.17. The summed E-state index contributed by atoms with van der Waals surface area (Å²) in [5, 5.41) is 10.4. The Morgan fingerprint density at radius 2 is 2.45 bits per heavy atom. The van der Waals surface area contributed by atoms with E-state index in [-0.39, 0.29) is 5.82 Å². The lowest BCUT2D eigenvalue weighted by molar-refractivity contribution is -0.676. The minimum absolute atomic E-state index is 0.0208. The standard InChI is InChI=1S/C6H8N2O3/c1-7-3-4-8(11-2)5(7)6(9)10/h3-4H,1-2H3. The van der Waals surface area contributed by atoms with Crippen LogP contribution in [0.4, 0.5) is 0 Å². The van der Waals surface area contributed by atoms with Gasteiger partial charge in [0.25, 0.3) is 0 Å². The van der Waals surface area contributed by atoms with Gasteiger partial charge in [-0.15, -0.1) is 0 Å². The van der Waals surface area contributed by atoms with Gasteiger partial charge in [0, 0.05) is 0 Å². The van der Waals surface area contributed by atoms with Gasteiger partial charge in [-0.2, -0.15) is 0 Å². The molecule has 0 radical (unpaired) electrons. The average molecular weight is 156 g/mol. The number of carboxylic acids is 1. The van der Waals surface area contributed by atoms with Gasteiger partial charge in [-0.25, -0.2) is 4.57 Å². The predicted molar refractivity (Wildman–Crippen MR) is 32.4 cm³/mol. The van der Waals surface area contributed by atoms with Crippen molar-refractivity contribution in [3.63, 3.8) is 0 Å². The molecule has 1 aromatic rings. The van der Waals surface area contributed by atoms with E-state index in [1.807, 2.05) is 0 Å². The molecule has 0 aliphatic heterocycles. The van der Waals surface area contributed by atoms with Crippen LogP contribution in [0.15, 0.2) is 12.4 Å². The molecule has 1 rings (SSSR count). The van der Waals surface area contributed by atoms with Crippen LogP contribution in [0.3, 0.4) is 0 Å². The second kappa shape index (κ2) is 2.61. The van der Waals surface area contributed by atoms with E-state index in [0.29, 0.717) is 0 Å². The first-order chi connectivity index (χ1) is 5.16. The van der Waals surface area contributed by atoms with Gasteiger partial charge in [-0.05, 0) is 4.73 Å². The molecule has 0 saturated heterocycles. The molecule has 5 nitrogen and oxygen atoms in total. The molecule has 0 amide bonds. The molecule has 1 heterocycles. The molecular weight excluding hydrogens is 148 g/mol. The van der Waals surface area contributed by atoms with Gasteiger partial charge < -0.3 is 14.7 Å². The molecule has 0 bridgehead atoms. The summed E-state index contributed by atoms with van der Waals surface area (Å²) in [6.45, 7) is 0. The number of carbonyl (C=O) groups is 1. The zero-order chi connectivity index (χ0) is 8.43. The molecule has 1 aromatic heterocycles. The highest BCUT2D eigenvalue weighted by Crippen LogP contribution is 1.88. The van der Waals surface area contributed by atoms with E-state index in [2.05, 4.69) is 0 Å². The van der Waals surface area contributed by atoms with Gasteiger partial charge in [0.05, 0.1) is 7.05 Å². The third-order valence-electron chi connectivity index (χ3n) is 1.35. The van der Waals surface area contributed by atoms with Crippen LogP contribution in [0.25, 0.3) is 0 Å². The lowest BCUT2D eigenvalue weighted by Crippen LogP contribution is -2.42. The Bertz CT molecular complexity index is 279. The third-order valence-corrected chi connectivity index (χ3v) is 1.35. The van der Waals surface area contributed by atoms with Crippen LogP contribution in [0.1, 0.15) is 10.6 Å². The van der Waals surface area contributed by atoms with Crippen molar-refractivity contribution in [2.75, 3.05) is 7.11 Å². The number of carboxylic acid groups (broad SMARTS) is 1. The molecule has 0 atom stereocenters. The van der Waals surface area contributed by atoms with Crippen LogP contribution in [0.5, 0.6) is 0 Å². The monoisotopic (exact) mass is 156 g/mol. The number of rotatable bonds is 2. The summed E-state index contributed by atoms with van der Waals surface area (Å²) in [6.07, 6.45) is 3.06. The maximum Gasteiger partial charge on any atom is 0.343 e. The van der Waals surface area contributed by atoms with Crippen molar-refractivity contribution < 1.29 is 19.3 Å². The van der Waals surface area contributed by atoms with Crippen LogP contribution in [-0.2, 0) is 7.05 Å². The first kappa shape index (κ1) is 7.59. The van der Waals surface area contributed by atoms with E-state index in [1.54, 1.807) is 13.2 Å². The molecular formula is C6H8N2O3. The number of carbonyl (C=O) groups excluding carboxylic acids is 1. The van der Waals surface area contributed by atoms with E-state index in [1.165, 1.54) is 17.9 Å². The number of aromatic carboxylic acids is 1. The van der Waals surface area contributed by atoms with Crippen molar-refractivity contribution in [2.45, 2.75) is 0 Å².